The van der Waals surface area contributed by atoms with E-state index in [9.17, 15) is 0 Å². The van der Waals surface area contributed by atoms with E-state index in [1.807, 2.05) is 6.07 Å². The van der Waals surface area contributed by atoms with Crippen LogP contribution >= 0.6 is 22.9 Å². The summed E-state index contributed by atoms with van der Waals surface area (Å²) < 4.78 is 5.49. The smallest absolute Gasteiger partial charge is 0.193 e. The van der Waals surface area contributed by atoms with Crippen LogP contribution in [0.4, 0.5) is 0 Å². The maximum absolute atomic E-state index is 5.81. The summed E-state index contributed by atoms with van der Waals surface area (Å²) in [5.41, 5.74) is 1.28. The first kappa shape index (κ1) is 11.7. The van der Waals surface area contributed by atoms with Crippen molar-refractivity contribution >= 4 is 22.9 Å². The van der Waals surface area contributed by atoms with Gasteiger partial charge in [0.05, 0.1) is 0 Å². The Morgan fingerprint density at radius 2 is 2.25 bits per heavy atom. The predicted octanol–water partition coefficient (Wildman–Crippen LogP) is 4.00. The van der Waals surface area contributed by atoms with Crippen LogP contribution in [0.1, 0.15) is 29.2 Å². The Morgan fingerprint density at radius 1 is 1.44 bits per heavy atom. The Morgan fingerprint density at radius 3 is 2.75 bits per heavy atom. The number of hydrogen-bond acceptors (Lipinski definition) is 3. The molecule has 0 amide bonds. The lowest BCUT2D eigenvalue weighted by molar-refractivity contribution is 0.456. The number of thiophene rings is 1. The molecule has 1 unspecified atom stereocenters. The molecule has 0 aromatic carbocycles. The highest BCUT2D eigenvalue weighted by Gasteiger charge is 2.19. The third-order valence-electron chi connectivity index (χ3n) is 2.45. The molecule has 86 valence electrons. The summed E-state index contributed by atoms with van der Waals surface area (Å²) in [6.07, 6.45) is 0. The monoisotopic (exact) mass is 255 g/mol. The summed E-state index contributed by atoms with van der Waals surface area (Å²) in [4.78, 5) is 1.29. The van der Waals surface area contributed by atoms with E-state index in [2.05, 4.69) is 30.6 Å². The molecule has 4 heteroatoms. The van der Waals surface area contributed by atoms with Gasteiger partial charge >= 0.3 is 0 Å². The molecule has 16 heavy (non-hydrogen) atoms. The Labute approximate surface area is 104 Å². The molecule has 0 aliphatic carbocycles. The van der Waals surface area contributed by atoms with Gasteiger partial charge in [0.1, 0.15) is 11.8 Å². The van der Waals surface area contributed by atoms with Crippen molar-refractivity contribution in [2.75, 3.05) is 6.54 Å². The number of nitrogens with one attached hydrogen (secondary N) is 1. The molecule has 0 radical (unpaired) electrons. The molecule has 0 saturated carbocycles. The summed E-state index contributed by atoms with van der Waals surface area (Å²) in [5.74, 6) is 0.873. The van der Waals surface area contributed by atoms with Gasteiger partial charge in [-0.25, -0.2) is 0 Å². The second kappa shape index (κ2) is 5.04. The largest absolute Gasteiger partial charge is 0.448 e. The molecule has 2 rings (SSSR count). The van der Waals surface area contributed by atoms with Gasteiger partial charge in [0.15, 0.2) is 5.22 Å². The van der Waals surface area contributed by atoms with Crippen molar-refractivity contribution in [2.45, 2.75) is 19.9 Å². The van der Waals surface area contributed by atoms with E-state index in [1.54, 1.807) is 17.4 Å². The molecule has 0 saturated heterocycles. The molecular formula is C12H14ClNOS. The van der Waals surface area contributed by atoms with E-state index in [0.717, 1.165) is 12.3 Å². The van der Waals surface area contributed by atoms with Gasteiger partial charge in [-0.05, 0) is 54.2 Å². The second-order valence-electron chi connectivity index (χ2n) is 3.60. The Kier molecular flexibility index (Phi) is 3.69. The Bertz CT molecular complexity index is 463. The minimum absolute atomic E-state index is 0.109. The number of rotatable bonds is 4. The fourth-order valence-corrected chi connectivity index (χ4v) is 2.85. The SMILES string of the molecule is CCNC(c1ccc(Cl)o1)c1sccc1C. The lowest BCUT2D eigenvalue weighted by Crippen LogP contribution is -2.21. The molecular weight excluding hydrogens is 242 g/mol. The van der Waals surface area contributed by atoms with Crippen LogP contribution in [0.25, 0.3) is 0 Å². The van der Waals surface area contributed by atoms with Crippen molar-refractivity contribution in [3.63, 3.8) is 0 Å². The van der Waals surface area contributed by atoms with E-state index < -0.39 is 0 Å². The predicted molar refractivity (Wildman–Crippen MR) is 68.3 cm³/mol. The average molecular weight is 256 g/mol. The lowest BCUT2D eigenvalue weighted by atomic mass is 10.1. The molecule has 0 fully saturated rings. The number of furan rings is 1. The van der Waals surface area contributed by atoms with Crippen LogP contribution in [0.3, 0.4) is 0 Å². The van der Waals surface area contributed by atoms with Gasteiger partial charge in [0.25, 0.3) is 0 Å². The van der Waals surface area contributed by atoms with E-state index in [0.29, 0.717) is 5.22 Å². The fraction of sp³-hybridized carbons (Fsp3) is 0.333. The van der Waals surface area contributed by atoms with Gasteiger partial charge in [-0.3, -0.25) is 0 Å². The van der Waals surface area contributed by atoms with Gasteiger partial charge in [-0.1, -0.05) is 6.92 Å². The van der Waals surface area contributed by atoms with Crippen molar-refractivity contribution in [2.24, 2.45) is 0 Å². The first-order valence-electron chi connectivity index (χ1n) is 5.25. The van der Waals surface area contributed by atoms with Crippen molar-refractivity contribution in [1.82, 2.24) is 5.32 Å². The zero-order valence-electron chi connectivity index (χ0n) is 9.29. The molecule has 0 aliphatic rings. The summed E-state index contributed by atoms with van der Waals surface area (Å²) in [7, 11) is 0. The highest BCUT2D eigenvalue weighted by Crippen LogP contribution is 2.31. The summed E-state index contributed by atoms with van der Waals surface area (Å²) in [6.45, 7) is 5.08. The van der Waals surface area contributed by atoms with Crippen LogP contribution in [0.5, 0.6) is 0 Å². The third-order valence-corrected chi connectivity index (χ3v) is 3.74. The van der Waals surface area contributed by atoms with Crippen molar-refractivity contribution in [3.05, 3.63) is 45.0 Å². The van der Waals surface area contributed by atoms with Gasteiger partial charge in [-0.2, -0.15) is 0 Å². The van der Waals surface area contributed by atoms with Crippen LogP contribution in [0.15, 0.2) is 28.0 Å². The molecule has 0 aliphatic heterocycles. The molecule has 1 N–H and O–H groups in total. The topological polar surface area (TPSA) is 25.2 Å². The molecule has 2 nitrogen and oxygen atoms in total. The zero-order valence-corrected chi connectivity index (χ0v) is 10.9. The maximum atomic E-state index is 5.81. The highest BCUT2D eigenvalue weighted by molar-refractivity contribution is 7.10. The maximum Gasteiger partial charge on any atom is 0.193 e. The first-order valence-corrected chi connectivity index (χ1v) is 6.50. The average Bonchev–Trinajstić information content (AvgIpc) is 2.84. The zero-order chi connectivity index (χ0) is 11.5. The summed E-state index contributed by atoms with van der Waals surface area (Å²) >= 11 is 7.55. The minimum Gasteiger partial charge on any atom is -0.448 e. The molecule has 2 aromatic heterocycles. The van der Waals surface area contributed by atoms with Crippen LogP contribution < -0.4 is 5.32 Å². The number of hydrogen-bond donors (Lipinski definition) is 1. The highest BCUT2D eigenvalue weighted by atomic mass is 35.5. The molecule has 2 aromatic rings. The van der Waals surface area contributed by atoms with Gasteiger partial charge in [0.2, 0.25) is 0 Å². The first-order chi connectivity index (χ1) is 7.72. The number of aryl methyl sites for hydroxylation is 1. The molecule has 1 atom stereocenters. The molecule has 0 bridgehead atoms. The molecule has 0 spiro atoms. The van der Waals surface area contributed by atoms with Crippen LogP contribution in [0, 0.1) is 6.92 Å². The summed E-state index contributed by atoms with van der Waals surface area (Å²) in [5, 5.41) is 5.95. The van der Waals surface area contributed by atoms with Crippen LogP contribution in [-0.2, 0) is 0 Å². The quantitative estimate of drug-likeness (QED) is 0.893. The van der Waals surface area contributed by atoms with Crippen molar-refractivity contribution in [3.8, 4) is 0 Å². The third kappa shape index (κ3) is 2.32. The van der Waals surface area contributed by atoms with Gasteiger partial charge < -0.3 is 9.73 Å². The standard InChI is InChI=1S/C12H14ClNOS/c1-3-14-11(9-4-5-10(13)15-9)12-8(2)6-7-16-12/h4-7,11,14H,3H2,1-2H3. The summed E-state index contributed by atoms with van der Waals surface area (Å²) in [6, 6.07) is 5.94. The number of halogens is 1. The van der Waals surface area contributed by atoms with Crippen molar-refractivity contribution < 1.29 is 4.42 Å². The molecule has 2 heterocycles. The fourth-order valence-electron chi connectivity index (χ4n) is 1.69. The Balaban J connectivity index is 2.34. The van der Waals surface area contributed by atoms with Crippen LogP contribution in [0.2, 0.25) is 5.22 Å². The van der Waals surface area contributed by atoms with Gasteiger partial charge in [0, 0.05) is 4.88 Å². The van der Waals surface area contributed by atoms with Gasteiger partial charge in [-0.15, -0.1) is 11.3 Å². The van der Waals surface area contributed by atoms with Crippen LogP contribution in [-0.4, -0.2) is 6.54 Å². The van der Waals surface area contributed by atoms with E-state index in [1.165, 1.54) is 10.4 Å². The van der Waals surface area contributed by atoms with E-state index in [4.69, 9.17) is 16.0 Å². The normalized spacial score (nSPS) is 12.9. The van der Waals surface area contributed by atoms with E-state index in [-0.39, 0.29) is 6.04 Å². The lowest BCUT2D eigenvalue weighted by Gasteiger charge is -2.14. The minimum atomic E-state index is 0.109. The van der Waals surface area contributed by atoms with Crippen molar-refractivity contribution in [1.29, 1.82) is 0 Å². The Hall–Kier alpha value is -0.770. The van der Waals surface area contributed by atoms with E-state index >= 15 is 0 Å². The second-order valence-corrected chi connectivity index (χ2v) is 4.92.